The molecule has 14 heavy (non-hydrogen) atoms. The second-order valence-electron chi connectivity index (χ2n) is 2.45. The SMILES string of the molecule is O=[N+]([O-])c1c(Br)ccc2c1no[n+]2[O-]. The normalized spacial score (nSPS) is 10.6. The van der Waals surface area contributed by atoms with Gasteiger partial charge >= 0.3 is 11.2 Å². The Hall–Kier alpha value is -1.70. The van der Waals surface area contributed by atoms with Crippen LogP contribution in [0, 0.1) is 15.3 Å². The van der Waals surface area contributed by atoms with Gasteiger partial charge in [0.05, 0.1) is 10.1 Å². The monoisotopic (exact) mass is 259 g/mol. The molecule has 0 saturated carbocycles. The number of halogens is 1. The van der Waals surface area contributed by atoms with Crippen LogP contribution >= 0.6 is 15.9 Å². The van der Waals surface area contributed by atoms with Crippen LogP contribution in [-0.2, 0) is 0 Å². The van der Waals surface area contributed by atoms with E-state index in [4.69, 9.17) is 0 Å². The summed E-state index contributed by atoms with van der Waals surface area (Å²) in [6, 6.07) is 2.78. The number of fused-ring (bicyclic) bond motifs is 1. The van der Waals surface area contributed by atoms with E-state index in [1.165, 1.54) is 12.1 Å². The first-order chi connectivity index (χ1) is 6.61. The van der Waals surface area contributed by atoms with Crippen molar-refractivity contribution in [1.29, 1.82) is 0 Å². The molecule has 0 N–H and O–H groups in total. The molecule has 0 saturated heterocycles. The lowest BCUT2D eigenvalue weighted by Crippen LogP contribution is -2.22. The van der Waals surface area contributed by atoms with E-state index in [9.17, 15) is 15.3 Å². The molecule has 1 aromatic carbocycles. The van der Waals surface area contributed by atoms with Crippen LogP contribution in [0.25, 0.3) is 11.0 Å². The van der Waals surface area contributed by atoms with Crippen LogP contribution in [0.1, 0.15) is 0 Å². The number of rotatable bonds is 1. The molecule has 0 radical (unpaired) electrons. The van der Waals surface area contributed by atoms with E-state index in [2.05, 4.69) is 25.7 Å². The van der Waals surface area contributed by atoms with Gasteiger partial charge in [-0.25, -0.2) is 0 Å². The fourth-order valence-electron chi connectivity index (χ4n) is 1.08. The summed E-state index contributed by atoms with van der Waals surface area (Å²) in [6.45, 7) is 0. The minimum atomic E-state index is -0.630. The summed E-state index contributed by atoms with van der Waals surface area (Å²) in [6.07, 6.45) is 0. The van der Waals surface area contributed by atoms with Crippen molar-refractivity contribution in [2.75, 3.05) is 0 Å². The summed E-state index contributed by atoms with van der Waals surface area (Å²) in [5.41, 5.74) is -0.319. The summed E-state index contributed by atoms with van der Waals surface area (Å²) < 4.78 is 4.50. The smallest absolute Gasteiger partial charge is 0.341 e. The Morgan fingerprint density at radius 1 is 1.57 bits per heavy atom. The van der Waals surface area contributed by atoms with E-state index in [1.807, 2.05) is 0 Å². The Kier molecular flexibility index (Phi) is 1.84. The Morgan fingerprint density at radius 2 is 2.29 bits per heavy atom. The highest BCUT2D eigenvalue weighted by Gasteiger charge is 2.26. The van der Waals surface area contributed by atoms with Gasteiger partial charge in [0.1, 0.15) is 4.47 Å². The Bertz CT molecular complexity index is 523. The lowest BCUT2D eigenvalue weighted by atomic mass is 10.3. The first-order valence-corrected chi connectivity index (χ1v) is 4.23. The number of nitro benzene ring substituents is 1. The minimum Gasteiger partial charge on any atom is -0.359 e. The number of nitrogens with zero attached hydrogens (tertiary/aromatic N) is 3. The van der Waals surface area contributed by atoms with Crippen LogP contribution in [0.4, 0.5) is 5.69 Å². The number of nitro groups is 1. The van der Waals surface area contributed by atoms with Gasteiger partial charge in [-0.15, -0.1) is 0 Å². The topological polar surface area (TPSA) is 96.1 Å². The van der Waals surface area contributed by atoms with Gasteiger partial charge in [-0.3, -0.25) is 14.7 Å². The third-order valence-corrected chi connectivity index (χ3v) is 2.31. The van der Waals surface area contributed by atoms with E-state index < -0.39 is 4.92 Å². The zero-order valence-electron chi connectivity index (χ0n) is 6.51. The summed E-state index contributed by atoms with van der Waals surface area (Å²) in [4.78, 5) is 10.1. The molecular weight excluding hydrogens is 258 g/mol. The van der Waals surface area contributed by atoms with E-state index >= 15 is 0 Å². The van der Waals surface area contributed by atoms with Crippen molar-refractivity contribution in [2.24, 2.45) is 0 Å². The second-order valence-corrected chi connectivity index (χ2v) is 3.31. The molecule has 8 heteroatoms. The molecule has 0 aliphatic rings. The molecule has 1 heterocycles. The zero-order chi connectivity index (χ0) is 10.3. The van der Waals surface area contributed by atoms with Gasteiger partial charge in [-0.2, -0.15) is 0 Å². The maximum Gasteiger partial charge on any atom is 0.341 e. The summed E-state index contributed by atoms with van der Waals surface area (Å²) in [5.74, 6) is 0. The van der Waals surface area contributed by atoms with Gasteiger partial charge in [0, 0.05) is 0 Å². The quantitative estimate of drug-likeness (QED) is 0.435. The third kappa shape index (κ3) is 1.11. The average Bonchev–Trinajstić information content (AvgIpc) is 2.47. The first-order valence-electron chi connectivity index (χ1n) is 3.43. The predicted octanol–water partition coefficient (Wildman–Crippen LogP) is 1.13. The standard InChI is InChI=1S/C6H2BrN3O4/c7-3-1-2-4-5(6(3)9(11)12)8-14-10(4)13/h1-2H. The highest BCUT2D eigenvalue weighted by molar-refractivity contribution is 9.10. The number of hydrogen-bond donors (Lipinski definition) is 0. The lowest BCUT2D eigenvalue weighted by molar-refractivity contribution is -0.782. The van der Waals surface area contributed by atoms with E-state index in [0.717, 1.165) is 0 Å². The van der Waals surface area contributed by atoms with Crippen molar-refractivity contribution >= 4 is 32.7 Å². The Labute approximate surface area is 84.7 Å². The van der Waals surface area contributed by atoms with Crippen LogP contribution in [0.5, 0.6) is 0 Å². The highest BCUT2D eigenvalue weighted by atomic mass is 79.9. The van der Waals surface area contributed by atoms with E-state index in [1.54, 1.807) is 0 Å². The fraction of sp³-hybridized carbons (Fsp3) is 0. The van der Waals surface area contributed by atoms with Crippen molar-refractivity contribution in [3.8, 4) is 0 Å². The van der Waals surface area contributed by atoms with Crippen LogP contribution in [0.2, 0.25) is 0 Å². The highest BCUT2D eigenvalue weighted by Crippen LogP contribution is 2.30. The molecule has 0 unspecified atom stereocenters. The summed E-state index contributed by atoms with van der Waals surface area (Å²) >= 11 is 2.99. The van der Waals surface area contributed by atoms with Crippen molar-refractivity contribution in [3.05, 3.63) is 31.9 Å². The zero-order valence-corrected chi connectivity index (χ0v) is 8.09. The van der Waals surface area contributed by atoms with Gasteiger partial charge in [-0.05, 0) is 33.0 Å². The van der Waals surface area contributed by atoms with Crippen LogP contribution in [-0.4, -0.2) is 10.1 Å². The second kappa shape index (κ2) is 2.91. The van der Waals surface area contributed by atoms with Gasteiger partial charge in [0.2, 0.25) is 5.52 Å². The lowest BCUT2D eigenvalue weighted by Gasteiger charge is -1.91. The van der Waals surface area contributed by atoms with Crippen LogP contribution < -0.4 is 4.90 Å². The summed E-state index contributed by atoms with van der Waals surface area (Å²) in [7, 11) is 0. The first kappa shape index (κ1) is 8.88. The fourth-order valence-corrected chi connectivity index (χ4v) is 1.54. The Balaban J connectivity index is 2.90. The number of hydrogen-bond acceptors (Lipinski definition) is 5. The summed E-state index contributed by atoms with van der Waals surface area (Å²) in [5, 5.41) is 24.8. The van der Waals surface area contributed by atoms with Crippen molar-refractivity contribution < 1.29 is 14.5 Å². The van der Waals surface area contributed by atoms with Crippen molar-refractivity contribution in [2.45, 2.75) is 0 Å². The van der Waals surface area contributed by atoms with E-state index in [0.29, 0.717) is 0 Å². The van der Waals surface area contributed by atoms with Crippen LogP contribution in [0.15, 0.2) is 21.2 Å². The third-order valence-electron chi connectivity index (χ3n) is 1.67. The molecule has 1 aromatic heterocycles. The molecule has 7 nitrogen and oxygen atoms in total. The maximum absolute atomic E-state index is 10.9. The molecule has 0 atom stereocenters. The molecule has 0 bridgehead atoms. The predicted molar refractivity (Wildman–Crippen MR) is 47.3 cm³/mol. The molecule has 2 rings (SSSR count). The maximum atomic E-state index is 10.9. The molecule has 0 aliphatic heterocycles. The molecule has 0 fully saturated rings. The van der Waals surface area contributed by atoms with Gasteiger partial charge < -0.3 is 5.21 Å². The molecule has 2 aromatic rings. The van der Waals surface area contributed by atoms with E-state index in [-0.39, 0.29) is 26.1 Å². The Morgan fingerprint density at radius 3 is 2.93 bits per heavy atom. The molecule has 0 amide bonds. The molecule has 0 spiro atoms. The van der Waals surface area contributed by atoms with Gasteiger partial charge in [-0.1, -0.05) is 0 Å². The number of aromatic nitrogens is 2. The average molecular weight is 260 g/mol. The molecular formula is C6H2BrN3O4. The minimum absolute atomic E-state index is 0.0277. The number of benzene rings is 1. The molecule has 0 aliphatic carbocycles. The van der Waals surface area contributed by atoms with Gasteiger partial charge in [0.25, 0.3) is 0 Å². The van der Waals surface area contributed by atoms with Crippen molar-refractivity contribution in [3.63, 3.8) is 0 Å². The van der Waals surface area contributed by atoms with Crippen molar-refractivity contribution in [1.82, 2.24) is 5.16 Å². The molecule has 72 valence electrons. The largest absolute Gasteiger partial charge is 0.359 e. The van der Waals surface area contributed by atoms with Crippen LogP contribution in [0.3, 0.4) is 0 Å². The van der Waals surface area contributed by atoms with Gasteiger partial charge in [0.15, 0.2) is 0 Å².